The molecule has 2 heterocycles. The van der Waals surface area contributed by atoms with Gasteiger partial charge in [-0.2, -0.15) is 0 Å². The summed E-state index contributed by atoms with van der Waals surface area (Å²) in [4.78, 5) is 21.7. The van der Waals surface area contributed by atoms with Crippen molar-refractivity contribution in [1.29, 1.82) is 0 Å². The maximum Gasteiger partial charge on any atom is 0.226 e. The number of aryl methyl sites for hydroxylation is 1. The van der Waals surface area contributed by atoms with Gasteiger partial charge in [0.2, 0.25) is 5.91 Å². The molecule has 4 N–H and O–H groups in total. The fraction of sp³-hybridized carbons (Fsp3) is 0.276. The first-order valence-corrected chi connectivity index (χ1v) is 13.3. The lowest BCUT2D eigenvalue weighted by Crippen LogP contribution is -2.41. The Hall–Kier alpha value is -3.53. The molecule has 3 atom stereocenters. The molecule has 4 rings (SSSR count). The lowest BCUT2D eigenvalue weighted by molar-refractivity contribution is -0.121. The van der Waals surface area contributed by atoms with Gasteiger partial charge in [-0.25, -0.2) is 13.8 Å². The van der Waals surface area contributed by atoms with Gasteiger partial charge in [-0.1, -0.05) is 37.3 Å². The number of nitrogens with one attached hydrogen (secondary N) is 1. The summed E-state index contributed by atoms with van der Waals surface area (Å²) in [5.41, 5.74) is 9.47. The zero-order valence-corrected chi connectivity index (χ0v) is 21.8. The Morgan fingerprint density at radius 2 is 1.82 bits per heavy atom. The number of hydrogen-bond donors (Lipinski definition) is 3. The number of pyridine rings is 1. The molecule has 4 aromatic rings. The number of aromatic nitrogens is 2. The number of rotatable bonds is 12. The van der Waals surface area contributed by atoms with Gasteiger partial charge in [0.05, 0.1) is 23.4 Å². The summed E-state index contributed by atoms with van der Waals surface area (Å²) < 4.78 is 28.0. The van der Waals surface area contributed by atoms with Crippen molar-refractivity contribution in [2.45, 2.75) is 38.3 Å². The maximum atomic E-state index is 14.0. The molecule has 0 aliphatic heterocycles. The number of hydrogen-bond acceptors (Lipinski definition) is 6. The number of nitrogens with two attached hydrogens (primary N) is 1. The van der Waals surface area contributed by atoms with Gasteiger partial charge in [-0.15, -0.1) is 11.3 Å². The Labute approximate surface area is 224 Å². The average molecular weight is 537 g/mol. The topological polar surface area (TPSA) is 101 Å². The minimum Gasteiger partial charge on any atom is -0.391 e. The number of thiazole rings is 1. The van der Waals surface area contributed by atoms with E-state index in [1.807, 2.05) is 18.2 Å². The third kappa shape index (κ3) is 7.06. The number of nitrogens with zero attached hydrogens (tertiary/aromatic N) is 2. The molecule has 3 unspecified atom stereocenters. The number of carbonyl (C=O) groups excluding carboxylic acids is 1. The summed E-state index contributed by atoms with van der Waals surface area (Å²) in [5.74, 6) is -3.93. The first kappa shape index (κ1) is 27.5. The predicted molar refractivity (Wildman–Crippen MR) is 144 cm³/mol. The van der Waals surface area contributed by atoms with Crippen molar-refractivity contribution in [3.05, 3.63) is 106 Å². The van der Waals surface area contributed by atoms with E-state index in [-0.39, 0.29) is 13.0 Å². The van der Waals surface area contributed by atoms with Crippen molar-refractivity contribution >= 4 is 17.2 Å². The van der Waals surface area contributed by atoms with E-state index in [9.17, 15) is 18.7 Å². The number of benzene rings is 2. The van der Waals surface area contributed by atoms with Gasteiger partial charge in [0, 0.05) is 36.7 Å². The van der Waals surface area contributed by atoms with Crippen molar-refractivity contribution < 1.29 is 18.7 Å². The van der Waals surface area contributed by atoms with E-state index in [1.54, 1.807) is 23.7 Å². The minimum absolute atomic E-state index is 0.0207. The summed E-state index contributed by atoms with van der Waals surface area (Å²) in [6, 6.07) is 16.7. The standard InChI is InChI=1S/C29H30F2N4O2S/c1-2-18-6-5-7-19(10-18)15-33-16-26(36)23(13-20-11-21(30)14-22(31)12-20)27(28(32)37)25-17-38-29(35-25)24-8-3-4-9-34-24/h3-12,14,17,23,26-27,33,36H,2,13,15-16H2,1H3,(H2,32,37). The monoisotopic (exact) mass is 536 g/mol. The third-order valence-corrected chi connectivity index (χ3v) is 7.31. The molecule has 0 radical (unpaired) electrons. The molecule has 0 bridgehead atoms. The zero-order valence-electron chi connectivity index (χ0n) is 21.0. The summed E-state index contributed by atoms with van der Waals surface area (Å²) >= 11 is 1.31. The highest BCUT2D eigenvalue weighted by Crippen LogP contribution is 2.33. The molecule has 0 spiro atoms. The highest BCUT2D eigenvalue weighted by Gasteiger charge is 2.35. The van der Waals surface area contributed by atoms with E-state index in [2.05, 4.69) is 34.3 Å². The summed E-state index contributed by atoms with van der Waals surface area (Å²) in [6.07, 6.45) is 1.52. The van der Waals surface area contributed by atoms with E-state index >= 15 is 0 Å². The fourth-order valence-corrected chi connectivity index (χ4v) is 5.40. The molecule has 0 fully saturated rings. The van der Waals surface area contributed by atoms with Crippen LogP contribution in [-0.4, -0.2) is 33.6 Å². The molecule has 198 valence electrons. The Bertz CT molecular complexity index is 1350. The van der Waals surface area contributed by atoms with Crippen molar-refractivity contribution in [1.82, 2.24) is 15.3 Å². The van der Waals surface area contributed by atoms with Crippen LogP contribution < -0.4 is 11.1 Å². The third-order valence-electron chi connectivity index (χ3n) is 6.43. The number of aliphatic hydroxyl groups is 1. The van der Waals surface area contributed by atoms with E-state index in [0.717, 1.165) is 18.1 Å². The van der Waals surface area contributed by atoms with Crippen LogP contribution in [0, 0.1) is 17.6 Å². The maximum absolute atomic E-state index is 14.0. The van der Waals surface area contributed by atoms with Crippen LogP contribution in [0.4, 0.5) is 8.78 Å². The second kappa shape index (κ2) is 12.8. The number of halogens is 2. The van der Waals surface area contributed by atoms with Gasteiger partial charge in [-0.3, -0.25) is 9.78 Å². The quantitative estimate of drug-likeness (QED) is 0.245. The van der Waals surface area contributed by atoms with E-state index in [4.69, 9.17) is 5.73 Å². The Kier molecular flexibility index (Phi) is 9.28. The van der Waals surface area contributed by atoms with Crippen LogP contribution in [0.5, 0.6) is 0 Å². The second-order valence-electron chi connectivity index (χ2n) is 9.19. The smallest absolute Gasteiger partial charge is 0.226 e. The van der Waals surface area contributed by atoms with Crippen LogP contribution in [0.2, 0.25) is 0 Å². The average Bonchev–Trinajstić information content (AvgIpc) is 3.38. The summed E-state index contributed by atoms with van der Waals surface area (Å²) in [6.45, 7) is 2.73. The second-order valence-corrected chi connectivity index (χ2v) is 10.0. The number of aliphatic hydroxyl groups excluding tert-OH is 1. The van der Waals surface area contributed by atoms with Crippen molar-refractivity contribution in [3.8, 4) is 10.7 Å². The van der Waals surface area contributed by atoms with Gasteiger partial charge in [0.1, 0.15) is 16.6 Å². The van der Waals surface area contributed by atoms with Crippen LogP contribution in [0.15, 0.2) is 72.2 Å². The summed E-state index contributed by atoms with van der Waals surface area (Å²) in [7, 11) is 0. The molecule has 0 saturated carbocycles. The molecule has 38 heavy (non-hydrogen) atoms. The highest BCUT2D eigenvalue weighted by atomic mass is 32.1. The molecular weight excluding hydrogens is 506 g/mol. The molecule has 2 aromatic carbocycles. The zero-order chi connectivity index (χ0) is 27.1. The molecule has 1 amide bonds. The van der Waals surface area contributed by atoms with E-state index < -0.39 is 35.5 Å². The van der Waals surface area contributed by atoms with Crippen LogP contribution >= 0.6 is 11.3 Å². The van der Waals surface area contributed by atoms with Gasteiger partial charge in [-0.05, 0) is 53.8 Å². The number of carbonyl (C=O) groups is 1. The molecular formula is C29H30F2N4O2S. The highest BCUT2D eigenvalue weighted by molar-refractivity contribution is 7.13. The van der Waals surface area contributed by atoms with Crippen LogP contribution in [0.1, 0.15) is 35.2 Å². The summed E-state index contributed by atoms with van der Waals surface area (Å²) in [5, 5.41) is 16.9. The molecule has 0 saturated heterocycles. The molecule has 6 nitrogen and oxygen atoms in total. The lowest BCUT2D eigenvalue weighted by Gasteiger charge is -2.29. The molecule has 9 heteroatoms. The van der Waals surface area contributed by atoms with Gasteiger partial charge in [0.15, 0.2) is 0 Å². The molecule has 2 aromatic heterocycles. The Morgan fingerprint density at radius 3 is 2.50 bits per heavy atom. The van der Waals surface area contributed by atoms with Crippen LogP contribution in [0.25, 0.3) is 10.7 Å². The van der Waals surface area contributed by atoms with Crippen molar-refractivity contribution in [2.75, 3.05) is 6.54 Å². The normalized spacial score (nSPS) is 13.7. The van der Waals surface area contributed by atoms with Crippen molar-refractivity contribution in [2.24, 2.45) is 11.7 Å². The van der Waals surface area contributed by atoms with Gasteiger partial charge >= 0.3 is 0 Å². The fourth-order valence-electron chi connectivity index (χ4n) is 4.56. The Balaban J connectivity index is 1.60. The Morgan fingerprint density at radius 1 is 1.05 bits per heavy atom. The number of amides is 1. The lowest BCUT2D eigenvalue weighted by atomic mass is 9.80. The van der Waals surface area contributed by atoms with E-state index in [1.165, 1.54) is 29.0 Å². The molecule has 0 aliphatic rings. The van der Waals surface area contributed by atoms with Gasteiger partial charge in [0.25, 0.3) is 0 Å². The van der Waals surface area contributed by atoms with Crippen molar-refractivity contribution in [3.63, 3.8) is 0 Å². The van der Waals surface area contributed by atoms with Crippen LogP contribution in [-0.2, 0) is 24.2 Å². The SMILES string of the molecule is CCc1cccc(CNCC(O)C(Cc2cc(F)cc(F)c2)C(C(N)=O)c2csc(-c3ccccn3)n2)c1. The van der Waals surface area contributed by atoms with Crippen LogP contribution in [0.3, 0.4) is 0 Å². The first-order chi connectivity index (χ1) is 18.3. The molecule has 0 aliphatic carbocycles. The largest absolute Gasteiger partial charge is 0.391 e. The number of primary amides is 1. The minimum atomic E-state index is -1.06. The van der Waals surface area contributed by atoms with Gasteiger partial charge < -0.3 is 16.2 Å². The first-order valence-electron chi connectivity index (χ1n) is 12.4. The predicted octanol–water partition coefficient (Wildman–Crippen LogP) is 4.62. The van der Waals surface area contributed by atoms with E-state index in [0.29, 0.717) is 28.5 Å².